The van der Waals surface area contributed by atoms with Crippen molar-refractivity contribution < 1.29 is 4.79 Å². The van der Waals surface area contributed by atoms with E-state index < -0.39 is 0 Å². The Bertz CT molecular complexity index is 231. The molecule has 1 saturated heterocycles. The maximum absolute atomic E-state index is 12.0. The van der Waals surface area contributed by atoms with Crippen molar-refractivity contribution in [2.75, 3.05) is 18.8 Å². The number of thioether (sulfide) groups is 1. The monoisotopic (exact) mass is 244 g/mol. The molecule has 0 aromatic heterocycles. The molecule has 1 heterocycles. The van der Waals surface area contributed by atoms with Gasteiger partial charge in [-0.25, -0.2) is 0 Å². The molecule has 94 valence electrons. The maximum atomic E-state index is 12.0. The van der Waals surface area contributed by atoms with Crippen molar-refractivity contribution in [3.05, 3.63) is 0 Å². The van der Waals surface area contributed by atoms with Gasteiger partial charge in [0.25, 0.3) is 0 Å². The third-order valence-corrected chi connectivity index (χ3v) is 4.49. The smallest absolute Gasteiger partial charge is 0.239 e. The van der Waals surface area contributed by atoms with Gasteiger partial charge in [-0.15, -0.1) is 0 Å². The molecule has 3 unspecified atom stereocenters. The molecule has 1 rings (SSSR count). The second-order valence-electron chi connectivity index (χ2n) is 4.48. The first-order chi connectivity index (χ1) is 7.58. The topological polar surface area (TPSA) is 32.3 Å². The second-order valence-corrected chi connectivity index (χ2v) is 5.95. The molecule has 1 aliphatic rings. The SMILES string of the molecule is CCN(CC)C(=O)C(C)NC1CSC(C)C1. The van der Waals surface area contributed by atoms with Crippen LogP contribution in [0.2, 0.25) is 0 Å². The summed E-state index contributed by atoms with van der Waals surface area (Å²) >= 11 is 1.99. The Morgan fingerprint density at radius 3 is 2.56 bits per heavy atom. The summed E-state index contributed by atoms with van der Waals surface area (Å²) < 4.78 is 0. The molecule has 1 fully saturated rings. The lowest BCUT2D eigenvalue weighted by atomic mass is 10.1. The number of likely N-dealkylation sites (N-methyl/N-ethyl adjacent to an activating group) is 1. The predicted molar refractivity (Wildman–Crippen MR) is 70.9 cm³/mol. The van der Waals surface area contributed by atoms with Crippen LogP contribution in [0, 0.1) is 0 Å². The highest BCUT2D eigenvalue weighted by Crippen LogP contribution is 2.26. The fourth-order valence-electron chi connectivity index (χ4n) is 2.17. The molecule has 3 nitrogen and oxygen atoms in total. The predicted octanol–water partition coefficient (Wildman–Crippen LogP) is 1.73. The standard InChI is InChI=1S/C12H24N2OS/c1-5-14(6-2)12(15)10(4)13-11-7-9(3)16-8-11/h9-11,13H,5-8H2,1-4H3. The van der Waals surface area contributed by atoms with Crippen molar-refractivity contribution in [1.29, 1.82) is 0 Å². The first-order valence-electron chi connectivity index (χ1n) is 6.24. The van der Waals surface area contributed by atoms with Gasteiger partial charge in [0.2, 0.25) is 5.91 Å². The van der Waals surface area contributed by atoms with Crippen molar-refractivity contribution >= 4 is 17.7 Å². The van der Waals surface area contributed by atoms with E-state index in [1.54, 1.807) is 0 Å². The Hall–Kier alpha value is -0.220. The highest BCUT2D eigenvalue weighted by Gasteiger charge is 2.26. The Labute approximate surface area is 103 Å². The van der Waals surface area contributed by atoms with Crippen LogP contribution in [0.15, 0.2) is 0 Å². The Morgan fingerprint density at radius 1 is 1.50 bits per heavy atom. The minimum atomic E-state index is -0.0456. The fourth-order valence-corrected chi connectivity index (χ4v) is 3.33. The van der Waals surface area contributed by atoms with Crippen LogP contribution < -0.4 is 5.32 Å². The molecule has 1 amide bonds. The first-order valence-corrected chi connectivity index (χ1v) is 7.29. The molecule has 4 heteroatoms. The van der Waals surface area contributed by atoms with Gasteiger partial charge in [-0.05, 0) is 27.2 Å². The van der Waals surface area contributed by atoms with E-state index in [-0.39, 0.29) is 11.9 Å². The zero-order valence-electron chi connectivity index (χ0n) is 10.8. The number of carbonyl (C=O) groups excluding carboxylic acids is 1. The van der Waals surface area contributed by atoms with Crippen molar-refractivity contribution in [1.82, 2.24) is 10.2 Å². The third-order valence-electron chi connectivity index (χ3n) is 3.13. The van der Waals surface area contributed by atoms with Gasteiger partial charge < -0.3 is 10.2 Å². The number of rotatable bonds is 5. The molecule has 0 spiro atoms. The van der Waals surface area contributed by atoms with Crippen LogP contribution >= 0.6 is 11.8 Å². The summed E-state index contributed by atoms with van der Waals surface area (Å²) in [6.45, 7) is 9.90. The van der Waals surface area contributed by atoms with E-state index in [1.807, 2.05) is 37.4 Å². The number of carbonyl (C=O) groups is 1. The highest BCUT2D eigenvalue weighted by atomic mass is 32.2. The van der Waals surface area contributed by atoms with Crippen LogP contribution in [0.25, 0.3) is 0 Å². The molecular formula is C12H24N2OS. The normalized spacial score (nSPS) is 26.8. The lowest BCUT2D eigenvalue weighted by Crippen LogP contribution is -2.48. The van der Waals surface area contributed by atoms with Crippen LogP contribution in [0.5, 0.6) is 0 Å². The Kier molecular flexibility index (Phi) is 5.62. The van der Waals surface area contributed by atoms with Gasteiger partial charge in [-0.1, -0.05) is 6.92 Å². The van der Waals surface area contributed by atoms with E-state index in [9.17, 15) is 4.79 Å². The van der Waals surface area contributed by atoms with E-state index in [2.05, 4.69) is 12.2 Å². The molecule has 1 aliphatic heterocycles. The molecule has 16 heavy (non-hydrogen) atoms. The largest absolute Gasteiger partial charge is 0.342 e. The zero-order chi connectivity index (χ0) is 12.1. The van der Waals surface area contributed by atoms with E-state index >= 15 is 0 Å². The molecule has 0 aromatic rings. The quantitative estimate of drug-likeness (QED) is 0.799. The van der Waals surface area contributed by atoms with Crippen molar-refractivity contribution in [2.24, 2.45) is 0 Å². The molecule has 1 N–H and O–H groups in total. The number of hydrogen-bond donors (Lipinski definition) is 1. The van der Waals surface area contributed by atoms with Gasteiger partial charge in [-0.3, -0.25) is 4.79 Å². The van der Waals surface area contributed by atoms with Gasteiger partial charge in [0, 0.05) is 30.1 Å². The van der Waals surface area contributed by atoms with Gasteiger partial charge in [-0.2, -0.15) is 11.8 Å². The summed E-state index contributed by atoms with van der Waals surface area (Å²) in [6, 6.07) is 0.463. The Balaban J connectivity index is 2.39. The summed E-state index contributed by atoms with van der Waals surface area (Å²) in [6.07, 6.45) is 1.18. The summed E-state index contributed by atoms with van der Waals surface area (Å²) in [4.78, 5) is 13.9. The van der Waals surface area contributed by atoms with Gasteiger partial charge in [0.05, 0.1) is 6.04 Å². The average molecular weight is 244 g/mol. The van der Waals surface area contributed by atoms with Gasteiger partial charge in [0.1, 0.15) is 0 Å². The van der Waals surface area contributed by atoms with E-state index in [0.29, 0.717) is 6.04 Å². The van der Waals surface area contributed by atoms with Crippen molar-refractivity contribution in [2.45, 2.75) is 51.4 Å². The fraction of sp³-hybridized carbons (Fsp3) is 0.917. The Morgan fingerprint density at radius 2 is 2.12 bits per heavy atom. The summed E-state index contributed by atoms with van der Waals surface area (Å²) in [7, 11) is 0. The molecule has 0 aliphatic carbocycles. The van der Waals surface area contributed by atoms with E-state index in [1.165, 1.54) is 6.42 Å². The third kappa shape index (κ3) is 3.67. The van der Waals surface area contributed by atoms with E-state index in [0.717, 1.165) is 24.1 Å². The summed E-state index contributed by atoms with van der Waals surface area (Å²) in [5.41, 5.74) is 0. The highest BCUT2D eigenvalue weighted by molar-refractivity contribution is 8.00. The molecule has 3 atom stereocenters. The van der Waals surface area contributed by atoms with Crippen LogP contribution in [-0.2, 0) is 4.79 Å². The van der Waals surface area contributed by atoms with E-state index in [4.69, 9.17) is 0 Å². The minimum Gasteiger partial charge on any atom is -0.342 e. The molecule has 0 saturated carbocycles. The number of amides is 1. The van der Waals surface area contributed by atoms with Gasteiger partial charge in [0.15, 0.2) is 0 Å². The van der Waals surface area contributed by atoms with Crippen molar-refractivity contribution in [3.63, 3.8) is 0 Å². The number of hydrogen-bond acceptors (Lipinski definition) is 3. The van der Waals surface area contributed by atoms with Crippen LogP contribution in [-0.4, -0.2) is 47.0 Å². The lowest BCUT2D eigenvalue weighted by molar-refractivity contribution is -0.132. The summed E-state index contributed by atoms with van der Waals surface area (Å²) in [5.74, 6) is 1.37. The zero-order valence-corrected chi connectivity index (χ0v) is 11.6. The second kappa shape index (κ2) is 6.50. The van der Waals surface area contributed by atoms with Crippen molar-refractivity contribution in [3.8, 4) is 0 Å². The number of nitrogens with one attached hydrogen (secondary N) is 1. The van der Waals surface area contributed by atoms with Crippen LogP contribution in [0.4, 0.5) is 0 Å². The van der Waals surface area contributed by atoms with Crippen LogP contribution in [0.3, 0.4) is 0 Å². The molecule has 0 bridgehead atoms. The number of nitrogens with zero attached hydrogens (tertiary/aromatic N) is 1. The van der Waals surface area contributed by atoms with Gasteiger partial charge >= 0.3 is 0 Å². The maximum Gasteiger partial charge on any atom is 0.239 e. The summed E-state index contributed by atoms with van der Waals surface area (Å²) in [5, 5.41) is 4.18. The lowest BCUT2D eigenvalue weighted by Gasteiger charge is -2.25. The average Bonchev–Trinajstić information content (AvgIpc) is 2.65. The first kappa shape index (κ1) is 13.8. The molecular weight excluding hydrogens is 220 g/mol. The molecule has 0 radical (unpaired) electrons. The van der Waals surface area contributed by atoms with Crippen LogP contribution in [0.1, 0.15) is 34.1 Å². The molecule has 0 aromatic carbocycles. The minimum absolute atomic E-state index is 0.0456.